The van der Waals surface area contributed by atoms with Crippen molar-refractivity contribution in [2.24, 2.45) is 5.73 Å². The van der Waals surface area contributed by atoms with Crippen molar-refractivity contribution in [3.63, 3.8) is 0 Å². The Balaban J connectivity index is 1.90. The van der Waals surface area contributed by atoms with Crippen molar-refractivity contribution in [1.82, 2.24) is 4.90 Å². The van der Waals surface area contributed by atoms with Crippen LogP contribution in [0, 0.1) is 0 Å². The van der Waals surface area contributed by atoms with Crippen molar-refractivity contribution in [3.05, 3.63) is 0 Å². The largest absolute Gasteiger partial charge is 0.326 e. The number of hydrogen-bond acceptors (Lipinski definition) is 2. The molecule has 0 aromatic carbocycles. The first-order chi connectivity index (χ1) is 4.88. The molecule has 2 N–H and O–H groups in total. The molecular weight excluding hydrogens is 124 g/mol. The zero-order valence-corrected chi connectivity index (χ0v) is 6.42. The van der Waals surface area contributed by atoms with Gasteiger partial charge >= 0.3 is 0 Å². The second-order valence-corrected chi connectivity index (χ2v) is 3.55. The van der Waals surface area contributed by atoms with E-state index in [2.05, 4.69) is 4.90 Å². The van der Waals surface area contributed by atoms with Crippen LogP contribution in [-0.2, 0) is 0 Å². The Morgan fingerprint density at radius 3 is 2.30 bits per heavy atom. The molecule has 58 valence electrons. The van der Waals surface area contributed by atoms with Crippen molar-refractivity contribution < 1.29 is 0 Å². The summed E-state index contributed by atoms with van der Waals surface area (Å²) in [7, 11) is 0. The van der Waals surface area contributed by atoms with Gasteiger partial charge in [-0.25, -0.2) is 0 Å². The van der Waals surface area contributed by atoms with Crippen LogP contribution < -0.4 is 5.73 Å². The summed E-state index contributed by atoms with van der Waals surface area (Å²) in [6.45, 7) is 2.61. The lowest BCUT2D eigenvalue weighted by Gasteiger charge is -2.38. The topological polar surface area (TPSA) is 29.3 Å². The van der Waals surface area contributed by atoms with Crippen LogP contribution in [0.1, 0.15) is 25.7 Å². The van der Waals surface area contributed by atoms with Crippen molar-refractivity contribution in [2.75, 3.05) is 13.1 Å². The van der Waals surface area contributed by atoms with E-state index < -0.39 is 0 Å². The first-order valence-corrected chi connectivity index (χ1v) is 4.37. The Kier molecular flexibility index (Phi) is 1.66. The molecule has 2 fully saturated rings. The standard InChI is InChI=1S/C8H16N2/c9-7-3-1-4-8(7)10-5-2-6-10/h7-8H,1-6,9H2. The van der Waals surface area contributed by atoms with Gasteiger partial charge in [0.05, 0.1) is 0 Å². The lowest BCUT2D eigenvalue weighted by Crippen LogP contribution is -2.50. The van der Waals surface area contributed by atoms with Crippen molar-refractivity contribution in [2.45, 2.75) is 37.8 Å². The summed E-state index contributed by atoms with van der Waals surface area (Å²) in [5, 5.41) is 0. The van der Waals surface area contributed by atoms with Crippen LogP contribution in [0.2, 0.25) is 0 Å². The highest BCUT2D eigenvalue weighted by molar-refractivity contribution is 4.90. The van der Waals surface area contributed by atoms with Crippen molar-refractivity contribution in [3.8, 4) is 0 Å². The summed E-state index contributed by atoms with van der Waals surface area (Å²) in [4.78, 5) is 2.54. The highest BCUT2D eigenvalue weighted by Crippen LogP contribution is 2.25. The van der Waals surface area contributed by atoms with Crippen molar-refractivity contribution >= 4 is 0 Å². The quantitative estimate of drug-likeness (QED) is 0.577. The Labute approximate surface area is 62.4 Å². The lowest BCUT2D eigenvalue weighted by molar-refractivity contribution is 0.111. The number of rotatable bonds is 1. The smallest absolute Gasteiger partial charge is 0.0247 e. The third kappa shape index (κ3) is 0.956. The maximum absolute atomic E-state index is 5.95. The highest BCUT2D eigenvalue weighted by Gasteiger charge is 2.31. The molecule has 1 aliphatic heterocycles. The molecular formula is C8H16N2. The number of nitrogens with two attached hydrogens (primary N) is 1. The highest BCUT2D eigenvalue weighted by atomic mass is 15.2. The second kappa shape index (κ2) is 2.51. The van der Waals surface area contributed by atoms with Gasteiger partial charge in [-0.1, -0.05) is 6.42 Å². The molecule has 1 saturated carbocycles. The van der Waals surface area contributed by atoms with Crippen LogP contribution in [0.15, 0.2) is 0 Å². The van der Waals surface area contributed by atoms with Crippen LogP contribution in [0.4, 0.5) is 0 Å². The summed E-state index contributed by atoms with van der Waals surface area (Å²) >= 11 is 0. The molecule has 2 unspecified atom stereocenters. The molecule has 1 aliphatic carbocycles. The molecule has 2 rings (SSSR count). The van der Waals surface area contributed by atoms with Gasteiger partial charge in [-0.05, 0) is 32.4 Å². The second-order valence-electron chi connectivity index (χ2n) is 3.55. The average Bonchev–Trinajstić information content (AvgIpc) is 2.12. The molecule has 1 heterocycles. The van der Waals surface area contributed by atoms with E-state index in [1.807, 2.05) is 0 Å². The minimum Gasteiger partial charge on any atom is -0.326 e. The summed E-state index contributed by atoms with van der Waals surface area (Å²) in [6, 6.07) is 1.23. The third-order valence-electron chi connectivity index (χ3n) is 2.89. The summed E-state index contributed by atoms with van der Waals surface area (Å²) in [5.74, 6) is 0. The van der Waals surface area contributed by atoms with E-state index in [1.54, 1.807) is 0 Å². The Morgan fingerprint density at radius 1 is 1.10 bits per heavy atom. The average molecular weight is 140 g/mol. The van der Waals surface area contributed by atoms with Gasteiger partial charge in [-0.2, -0.15) is 0 Å². The van der Waals surface area contributed by atoms with Gasteiger partial charge in [0, 0.05) is 12.1 Å². The fourth-order valence-corrected chi connectivity index (χ4v) is 2.09. The summed E-state index contributed by atoms with van der Waals surface area (Å²) in [6.07, 6.45) is 5.34. The first-order valence-electron chi connectivity index (χ1n) is 4.37. The molecule has 2 atom stereocenters. The van der Waals surface area contributed by atoms with E-state index in [1.165, 1.54) is 38.8 Å². The third-order valence-corrected chi connectivity index (χ3v) is 2.89. The van der Waals surface area contributed by atoms with Gasteiger partial charge in [0.1, 0.15) is 0 Å². The van der Waals surface area contributed by atoms with Gasteiger partial charge in [0.2, 0.25) is 0 Å². The monoisotopic (exact) mass is 140 g/mol. The molecule has 0 aromatic heterocycles. The zero-order chi connectivity index (χ0) is 6.97. The number of likely N-dealkylation sites (tertiary alicyclic amines) is 1. The van der Waals surface area contributed by atoms with Gasteiger partial charge in [0.25, 0.3) is 0 Å². The van der Waals surface area contributed by atoms with Gasteiger partial charge < -0.3 is 5.73 Å². The fourth-order valence-electron chi connectivity index (χ4n) is 2.09. The SMILES string of the molecule is NC1CCCC1N1CCC1. The van der Waals surface area contributed by atoms with E-state index in [4.69, 9.17) is 5.73 Å². The molecule has 0 aromatic rings. The van der Waals surface area contributed by atoms with Crippen molar-refractivity contribution in [1.29, 1.82) is 0 Å². The van der Waals surface area contributed by atoms with E-state index in [-0.39, 0.29) is 0 Å². The molecule has 1 saturated heterocycles. The van der Waals surface area contributed by atoms with Crippen LogP contribution in [0.5, 0.6) is 0 Å². The van der Waals surface area contributed by atoms with E-state index in [0.29, 0.717) is 6.04 Å². The Bertz CT molecular complexity index is 120. The molecule has 2 heteroatoms. The molecule has 0 radical (unpaired) electrons. The predicted molar refractivity (Wildman–Crippen MR) is 41.8 cm³/mol. The Morgan fingerprint density at radius 2 is 1.90 bits per heavy atom. The molecule has 0 spiro atoms. The normalized spacial score (nSPS) is 41.7. The fraction of sp³-hybridized carbons (Fsp3) is 1.00. The maximum Gasteiger partial charge on any atom is 0.0247 e. The van der Waals surface area contributed by atoms with Crippen LogP contribution >= 0.6 is 0 Å². The van der Waals surface area contributed by atoms with Crippen LogP contribution in [0.25, 0.3) is 0 Å². The van der Waals surface area contributed by atoms with Gasteiger partial charge in [0.15, 0.2) is 0 Å². The van der Waals surface area contributed by atoms with Gasteiger partial charge in [-0.3, -0.25) is 4.90 Å². The van der Waals surface area contributed by atoms with Crippen LogP contribution in [0.3, 0.4) is 0 Å². The minimum atomic E-state index is 0.486. The molecule has 0 amide bonds. The lowest BCUT2D eigenvalue weighted by atomic mass is 10.1. The zero-order valence-electron chi connectivity index (χ0n) is 6.42. The van der Waals surface area contributed by atoms with Gasteiger partial charge in [-0.15, -0.1) is 0 Å². The Hall–Kier alpha value is -0.0800. The van der Waals surface area contributed by atoms with Crippen LogP contribution in [-0.4, -0.2) is 30.1 Å². The van der Waals surface area contributed by atoms with E-state index >= 15 is 0 Å². The molecule has 2 nitrogen and oxygen atoms in total. The predicted octanol–water partition coefficient (Wildman–Crippen LogP) is 0.572. The molecule has 2 aliphatic rings. The molecule has 0 bridgehead atoms. The van der Waals surface area contributed by atoms with E-state index in [9.17, 15) is 0 Å². The van der Waals surface area contributed by atoms with E-state index in [0.717, 1.165) is 6.04 Å². The summed E-state index contributed by atoms with van der Waals surface area (Å²) in [5.41, 5.74) is 5.95. The summed E-state index contributed by atoms with van der Waals surface area (Å²) < 4.78 is 0. The maximum atomic E-state index is 5.95. The minimum absolute atomic E-state index is 0.486. The molecule has 10 heavy (non-hydrogen) atoms. The number of hydrogen-bond donors (Lipinski definition) is 1. The number of nitrogens with zero attached hydrogens (tertiary/aromatic N) is 1. The first kappa shape index (κ1) is 6.62.